The molecule has 3 heteroatoms. The second kappa shape index (κ2) is 5.61. The smallest absolute Gasteiger partial charge is 0.0983 e. The largest absolute Gasteiger partial charge is 0.472 e. The van der Waals surface area contributed by atoms with E-state index in [1.807, 2.05) is 6.07 Å². The lowest BCUT2D eigenvalue weighted by atomic mass is 9.44. The molecule has 3 nitrogen and oxygen atoms in total. The Labute approximate surface area is 157 Å². The van der Waals surface area contributed by atoms with Crippen molar-refractivity contribution in [2.45, 2.75) is 83.3 Å². The van der Waals surface area contributed by atoms with Gasteiger partial charge in [-0.3, -0.25) is 0 Å². The van der Waals surface area contributed by atoms with Crippen LogP contribution in [-0.2, 0) is 5.60 Å². The van der Waals surface area contributed by atoms with E-state index >= 15 is 0 Å². The van der Waals surface area contributed by atoms with Crippen molar-refractivity contribution in [3.8, 4) is 0 Å². The highest BCUT2D eigenvalue weighted by molar-refractivity contribution is 5.26. The molecule has 5 rings (SSSR count). The summed E-state index contributed by atoms with van der Waals surface area (Å²) in [5, 5.41) is 21.9. The predicted molar refractivity (Wildman–Crippen MR) is 100 cm³/mol. The van der Waals surface area contributed by atoms with Gasteiger partial charge in [0.2, 0.25) is 0 Å². The van der Waals surface area contributed by atoms with Crippen LogP contribution in [0.5, 0.6) is 0 Å². The third-order valence-electron chi connectivity index (χ3n) is 9.79. The van der Waals surface area contributed by atoms with Crippen LogP contribution in [-0.4, -0.2) is 16.3 Å². The molecule has 1 heterocycles. The van der Waals surface area contributed by atoms with Gasteiger partial charge in [0.25, 0.3) is 0 Å². The molecular formula is C23H34O3. The fourth-order valence-corrected chi connectivity index (χ4v) is 8.23. The summed E-state index contributed by atoms with van der Waals surface area (Å²) in [6.07, 6.45) is 13.5. The van der Waals surface area contributed by atoms with E-state index in [-0.39, 0.29) is 11.5 Å². The van der Waals surface area contributed by atoms with E-state index in [2.05, 4.69) is 13.8 Å². The lowest BCUT2D eigenvalue weighted by Gasteiger charge is -2.61. The second-order valence-corrected chi connectivity index (χ2v) is 10.5. The van der Waals surface area contributed by atoms with Gasteiger partial charge in [0, 0.05) is 11.0 Å². The summed E-state index contributed by atoms with van der Waals surface area (Å²) in [5.41, 5.74) is 0.632. The van der Waals surface area contributed by atoms with Gasteiger partial charge in [0.05, 0.1) is 24.2 Å². The Balaban J connectivity index is 1.47. The van der Waals surface area contributed by atoms with E-state index in [1.165, 1.54) is 25.7 Å². The zero-order valence-electron chi connectivity index (χ0n) is 16.3. The minimum absolute atomic E-state index is 0.0323. The van der Waals surface area contributed by atoms with Crippen LogP contribution in [0.4, 0.5) is 0 Å². The maximum absolute atomic E-state index is 11.7. The minimum atomic E-state index is -0.726. The molecule has 0 aromatic carbocycles. The summed E-state index contributed by atoms with van der Waals surface area (Å²) in [4.78, 5) is 0. The van der Waals surface area contributed by atoms with Gasteiger partial charge in [-0.15, -0.1) is 0 Å². The second-order valence-electron chi connectivity index (χ2n) is 10.5. The number of hydrogen-bond acceptors (Lipinski definition) is 3. The fraction of sp³-hybridized carbons (Fsp3) is 0.826. The van der Waals surface area contributed by atoms with E-state index in [1.54, 1.807) is 12.5 Å². The molecule has 0 unspecified atom stereocenters. The van der Waals surface area contributed by atoms with Crippen LogP contribution in [0.3, 0.4) is 0 Å². The highest BCUT2D eigenvalue weighted by atomic mass is 16.3. The van der Waals surface area contributed by atoms with E-state index in [0.717, 1.165) is 49.5 Å². The maximum Gasteiger partial charge on any atom is 0.0983 e. The quantitative estimate of drug-likeness (QED) is 0.753. The van der Waals surface area contributed by atoms with Crippen molar-refractivity contribution in [2.75, 3.05) is 0 Å². The molecule has 0 spiro atoms. The number of aliphatic hydroxyl groups is 2. The van der Waals surface area contributed by atoms with E-state index in [0.29, 0.717) is 17.3 Å². The molecule has 144 valence electrons. The molecule has 1 aromatic rings. The first kappa shape index (κ1) is 17.3. The summed E-state index contributed by atoms with van der Waals surface area (Å²) in [6.45, 7) is 4.88. The Morgan fingerprint density at radius 3 is 2.58 bits per heavy atom. The minimum Gasteiger partial charge on any atom is -0.472 e. The molecule has 0 bridgehead atoms. The Morgan fingerprint density at radius 2 is 1.81 bits per heavy atom. The number of hydrogen-bond donors (Lipinski definition) is 2. The average Bonchev–Trinajstić information content (AvgIpc) is 3.24. The highest BCUT2D eigenvalue weighted by Gasteiger charge is 2.65. The van der Waals surface area contributed by atoms with E-state index < -0.39 is 5.60 Å². The molecule has 0 saturated heterocycles. The van der Waals surface area contributed by atoms with Crippen LogP contribution < -0.4 is 0 Å². The Bertz CT molecular complexity index is 669. The van der Waals surface area contributed by atoms with Crippen molar-refractivity contribution >= 4 is 0 Å². The van der Waals surface area contributed by atoms with Crippen LogP contribution >= 0.6 is 0 Å². The highest BCUT2D eigenvalue weighted by Crippen LogP contribution is 2.70. The monoisotopic (exact) mass is 358 g/mol. The molecule has 2 N–H and O–H groups in total. The fourth-order valence-electron chi connectivity index (χ4n) is 8.23. The average molecular weight is 359 g/mol. The van der Waals surface area contributed by atoms with Gasteiger partial charge in [-0.2, -0.15) is 0 Å². The summed E-state index contributed by atoms with van der Waals surface area (Å²) in [5.74, 6) is 2.83. The number of fused-ring (bicyclic) bond motifs is 5. The van der Waals surface area contributed by atoms with Gasteiger partial charge in [0.1, 0.15) is 0 Å². The Morgan fingerprint density at radius 1 is 1.00 bits per heavy atom. The lowest BCUT2D eigenvalue weighted by Crippen LogP contribution is -2.56. The van der Waals surface area contributed by atoms with Gasteiger partial charge < -0.3 is 14.6 Å². The summed E-state index contributed by atoms with van der Waals surface area (Å²) < 4.78 is 5.34. The van der Waals surface area contributed by atoms with Crippen LogP contribution in [0.2, 0.25) is 0 Å². The molecule has 0 radical (unpaired) electrons. The maximum atomic E-state index is 11.7. The summed E-state index contributed by atoms with van der Waals surface area (Å²) in [7, 11) is 0. The van der Waals surface area contributed by atoms with Crippen molar-refractivity contribution in [1.29, 1.82) is 0 Å². The van der Waals surface area contributed by atoms with Gasteiger partial charge in [-0.25, -0.2) is 0 Å². The normalized spacial score (nSPS) is 53.6. The molecular weight excluding hydrogens is 324 g/mol. The van der Waals surface area contributed by atoms with Crippen LogP contribution in [0.15, 0.2) is 23.0 Å². The number of furan rings is 1. The number of aliphatic hydroxyl groups excluding tert-OH is 1. The van der Waals surface area contributed by atoms with Crippen molar-refractivity contribution in [3.63, 3.8) is 0 Å². The van der Waals surface area contributed by atoms with Gasteiger partial charge in [-0.05, 0) is 92.9 Å². The van der Waals surface area contributed by atoms with Gasteiger partial charge in [0.15, 0.2) is 0 Å². The molecule has 4 aliphatic carbocycles. The predicted octanol–water partition coefficient (Wildman–Crippen LogP) is 4.87. The standard InChI is InChI=1S/C23H34O3/c1-21-9-5-17(24)13-15(21)3-4-18-19(21)6-10-22(2)20(18)7-11-23(22,25)16-8-12-26-14-16/h8,12,14-15,17-20,24-25H,3-7,9-11,13H2,1-2H3/t15-,17+,18-,19+,20+,21+,22+,23-/m1/s1. The molecule has 4 fully saturated rings. The Hall–Kier alpha value is -0.800. The molecule has 0 amide bonds. The van der Waals surface area contributed by atoms with Crippen LogP contribution in [0, 0.1) is 34.5 Å². The van der Waals surface area contributed by atoms with E-state index in [4.69, 9.17) is 4.42 Å². The van der Waals surface area contributed by atoms with Crippen molar-refractivity contribution in [3.05, 3.63) is 24.2 Å². The molecule has 4 saturated carbocycles. The third kappa shape index (κ3) is 2.08. The molecule has 1 aromatic heterocycles. The molecule has 4 aliphatic rings. The zero-order valence-corrected chi connectivity index (χ0v) is 16.3. The third-order valence-corrected chi connectivity index (χ3v) is 9.79. The summed E-state index contributed by atoms with van der Waals surface area (Å²) >= 11 is 0. The van der Waals surface area contributed by atoms with Gasteiger partial charge >= 0.3 is 0 Å². The van der Waals surface area contributed by atoms with Crippen molar-refractivity contribution in [2.24, 2.45) is 34.5 Å². The SMILES string of the molecule is C[C@]12CC[C@H](O)C[C@H]1CC[C@@H]1[C@@H]2CC[C@@]2(C)[C@H]1CC[C@@]2(O)c1ccoc1. The first-order valence-corrected chi connectivity index (χ1v) is 10.8. The molecule has 0 aliphatic heterocycles. The van der Waals surface area contributed by atoms with Crippen molar-refractivity contribution < 1.29 is 14.6 Å². The first-order valence-electron chi connectivity index (χ1n) is 10.8. The van der Waals surface area contributed by atoms with Gasteiger partial charge in [-0.1, -0.05) is 13.8 Å². The van der Waals surface area contributed by atoms with Crippen molar-refractivity contribution in [1.82, 2.24) is 0 Å². The first-order chi connectivity index (χ1) is 12.4. The Kier molecular flexibility index (Phi) is 3.73. The van der Waals surface area contributed by atoms with Crippen LogP contribution in [0.25, 0.3) is 0 Å². The van der Waals surface area contributed by atoms with E-state index in [9.17, 15) is 10.2 Å². The molecule has 26 heavy (non-hydrogen) atoms. The zero-order chi connectivity index (χ0) is 18.2. The molecule has 8 atom stereocenters. The lowest BCUT2D eigenvalue weighted by molar-refractivity contribution is -0.161. The van der Waals surface area contributed by atoms with Crippen LogP contribution in [0.1, 0.15) is 77.2 Å². The summed E-state index contributed by atoms with van der Waals surface area (Å²) in [6, 6.07) is 1.97. The number of rotatable bonds is 1. The topological polar surface area (TPSA) is 53.6 Å².